The van der Waals surface area contributed by atoms with E-state index in [9.17, 15) is 5.11 Å². The molecular formula is C15H21BrO3. The summed E-state index contributed by atoms with van der Waals surface area (Å²) >= 11 is 3.66. The zero-order valence-corrected chi connectivity index (χ0v) is 13.6. The molecule has 1 aromatic carbocycles. The third-order valence-electron chi connectivity index (χ3n) is 4.20. The van der Waals surface area contributed by atoms with Gasteiger partial charge in [0, 0.05) is 9.89 Å². The maximum Gasteiger partial charge on any atom is 0.125 e. The first-order valence-corrected chi connectivity index (χ1v) is 7.26. The van der Waals surface area contributed by atoms with Crippen molar-refractivity contribution >= 4 is 15.9 Å². The molecule has 106 valence electrons. The van der Waals surface area contributed by atoms with Crippen LogP contribution in [0.15, 0.2) is 4.47 Å². The number of benzene rings is 1. The summed E-state index contributed by atoms with van der Waals surface area (Å²) in [6, 6.07) is 0. The molecule has 1 aromatic rings. The highest BCUT2D eigenvalue weighted by atomic mass is 79.9. The van der Waals surface area contributed by atoms with Gasteiger partial charge in [-0.15, -0.1) is 0 Å². The van der Waals surface area contributed by atoms with Crippen LogP contribution >= 0.6 is 15.9 Å². The third-order valence-corrected chi connectivity index (χ3v) is 5.39. The lowest BCUT2D eigenvalue weighted by molar-refractivity contribution is -0.136. The largest absolute Gasteiger partial charge is 0.496 e. The normalized spacial score (nSPS) is 17.2. The van der Waals surface area contributed by atoms with Gasteiger partial charge in [0.25, 0.3) is 0 Å². The minimum absolute atomic E-state index is 0.140. The van der Waals surface area contributed by atoms with Crippen molar-refractivity contribution in [2.24, 2.45) is 5.41 Å². The lowest BCUT2D eigenvalue weighted by atomic mass is 9.78. The molecule has 0 aliphatic carbocycles. The van der Waals surface area contributed by atoms with Gasteiger partial charge in [-0.1, -0.05) is 15.9 Å². The second-order valence-electron chi connectivity index (χ2n) is 5.53. The van der Waals surface area contributed by atoms with Crippen molar-refractivity contribution in [3.05, 3.63) is 26.7 Å². The van der Waals surface area contributed by atoms with E-state index in [-0.39, 0.29) is 12.0 Å². The topological polar surface area (TPSA) is 38.7 Å². The average Bonchev–Trinajstić information content (AvgIpc) is 2.37. The Morgan fingerprint density at radius 3 is 2.26 bits per heavy atom. The first kappa shape index (κ1) is 14.8. The number of halogens is 1. The summed E-state index contributed by atoms with van der Waals surface area (Å²) in [6.07, 6.45) is 0.790. The van der Waals surface area contributed by atoms with Crippen LogP contribution in [0.1, 0.15) is 22.3 Å². The molecule has 0 saturated carbocycles. The van der Waals surface area contributed by atoms with Gasteiger partial charge in [-0.3, -0.25) is 0 Å². The Morgan fingerprint density at radius 2 is 1.84 bits per heavy atom. The molecule has 0 bridgehead atoms. The van der Waals surface area contributed by atoms with E-state index in [0.29, 0.717) is 13.2 Å². The molecule has 19 heavy (non-hydrogen) atoms. The summed E-state index contributed by atoms with van der Waals surface area (Å²) in [7, 11) is 1.71. The summed E-state index contributed by atoms with van der Waals surface area (Å²) in [4.78, 5) is 0. The molecule has 4 heteroatoms. The minimum atomic E-state index is -0.140. The van der Waals surface area contributed by atoms with E-state index >= 15 is 0 Å². The van der Waals surface area contributed by atoms with Crippen molar-refractivity contribution in [3.8, 4) is 5.75 Å². The predicted octanol–water partition coefficient (Wildman–Crippen LogP) is 2.93. The van der Waals surface area contributed by atoms with E-state index in [2.05, 4.69) is 36.7 Å². The molecule has 1 heterocycles. The molecule has 0 spiro atoms. The molecule has 0 aromatic heterocycles. The molecule has 0 radical (unpaired) electrons. The van der Waals surface area contributed by atoms with Crippen molar-refractivity contribution in [1.29, 1.82) is 0 Å². The predicted molar refractivity (Wildman–Crippen MR) is 78.9 cm³/mol. The van der Waals surface area contributed by atoms with Gasteiger partial charge in [0.2, 0.25) is 0 Å². The fourth-order valence-electron chi connectivity index (χ4n) is 2.65. The molecule has 1 saturated heterocycles. The zero-order valence-electron chi connectivity index (χ0n) is 12.0. The van der Waals surface area contributed by atoms with Gasteiger partial charge >= 0.3 is 0 Å². The number of hydrogen-bond acceptors (Lipinski definition) is 3. The van der Waals surface area contributed by atoms with Crippen molar-refractivity contribution in [1.82, 2.24) is 0 Å². The Bertz CT molecular complexity index is 487. The van der Waals surface area contributed by atoms with Crippen molar-refractivity contribution in [2.75, 3.05) is 26.9 Å². The number of ether oxygens (including phenoxy) is 2. The lowest BCUT2D eigenvalue weighted by Gasteiger charge is -2.40. The van der Waals surface area contributed by atoms with Crippen LogP contribution in [0.4, 0.5) is 0 Å². The van der Waals surface area contributed by atoms with Gasteiger partial charge < -0.3 is 14.6 Å². The fraction of sp³-hybridized carbons (Fsp3) is 0.600. The van der Waals surface area contributed by atoms with Crippen molar-refractivity contribution < 1.29 is 14.6 Å². The molecule has 2 rings (SSSR count). The lowest BCUT2D eigenvalue weighted by Crippen LogP contribution is -2.47. The Labute approximate surface area is 123 Å². The highest BCUT2D eigenvalue weighted by Gasteiger charge is 2.39. The van der Waals surface area contributed by atoms with Gasteiger partial charge in [0.15, 0.2) is 0 Å². The van der Waals surface area contributed by atoms with Gasteiger partial charge in [0.05, 0.1) is 26.9 Å². The van der Waals surface area contributed by atoms with Gasteiger partial charge in [0.1, 0.15) is 5.75 Å². The van der Waals surface area contributed by atoms with E-state index in [1.807, 2.05) is 0 Å². The van der Waals surface area contributed by atoms with Crippen LogP contribution in [0.3, 0.4) is 0 Å². The Balaban J connectivity index is 2.49. The molecule has 0 amide bonds. The maximum absolute atomic E-state index is 9.61. The second-order valence-corrected chi connectivity index (χ2v) is 6.32. The van der Waals surface area contributed by atoms with Gasteiger partial charge in [-0.25, -0.2) is 0 Å². The number of methoxy groups -OCH3 is 1. The highest BCUT2D eigenvalue weighted by molar-refractivity contribution is 9.10. The van der Waals surface area contributed by atoms with Crippen LogP contribution in [-0.2, 0) is 11.2 Å². The monoisotopic (exact) mass is 328 g/mol. The maximum atomic E-state index is 9.61. The molecule has 1 N–H and O–H groups in total. The van der Waals surface area contributed by atoms with Crippen molar-refractivity contribution in [2.45, 2.75) is 27.2 Å². The summed E-state index contributed by atoms with van der Waals surface area (Å²) < 4.78 is 12.0. The second kappa shape index (κ2) is 5.43. The zero-order chi connectivity index (χ0) is 14.2. The number of aliphatic hydroxyl groups excluding tert-OH is 1. The summed E-state index contributed by atoms with van der Waals surface area (Å²) in [5.74, 6) is 0.943. The smallest absolute Gasteiger partial charge is 0.125 e. The van der Waals surface area contributed by atoms with Crippen molar-refractivity contribution in [3.63, 3.8) is 0 Å². The summed E-state index contributed by atoms with van der Waals surface area (Å²) in [5, 5.41) is 9.61. The summed E-state index contributed by atoms with van der Waals surface area (Å²) in [6.45, 7) is 7.66. The average molecular weight is 329 g/mol. The van der Waals surface area contributed by atoms with Crippen LogP contribution in [0.2, 0.25) is 0 Å². The standard InChI is InChI=1S/C15H21BrO3/c1-9-10(2)14(18-4)12(11(3)13(9)16)5-15(6-17)7-19-8-15/h17H,5-8H2,1-4H3. The Morgan fingerprint density at radius 1 is 1.21 bits per heavy atom. The van der Waals surface area contributed by atoms with Crippen LogP contribution in [0.5, 0.6) is 5.75 Å². The summed E-state index contributed by atoms with van der Waals surface area (Å²) in [5.41, 5.74) is 4.60. The number of aliphatic hydroxyl groups is 1. The van der Waals surface area contributed by atoms with Gasteiger partial charge in [-0.2, -0.15) is 0 Å². The molecule has 3 nitrogen and oxygen atoms in total. The molecule has 0 unspecified atom stereocenters. The molecule has 1 aliphatic rings. The van der Waals surface area contributed by atoms with E-state index in [4.69, 9.17) is 9.47 Å². The van der Waals surface area contributed by atoms with E-state index < -0.39 is 0 Å². The Kier molecular flexibility index (Phi) is 4.23. The van der Waals surface area contributed by atoms with Crippen LogP contribution in [0.25, 0.3) is 0 Å². The molecule has 1 fully saturated rings. The SMILES string of the molecule is COc1c(C)c(C)c(Br)c(C)c1CC1(CO)COC1. The minimum Gasteiger partial charge on any atom is -0.496 e. The van der Waals surface area contributed by atoms with E-state index in [1.165, 1.54) is 16.7 Å². The molecule has 0 atom stereocenters. The quantitative estimate of drug-likeness (QED) is 0.923. The van der Waals surface area contributed by atoms with Crippen LogP contribution in [-0.4, -0.2) is 32.0 Å². The van der Waals surface area contributed by atoms with Crippen LogP contribution < -0.4 is 4.74 Å². The first-order chi connectivity index (χ1) is 8.95. The van der Waals surface area contributed by atoms with Gasteiger partial charge in [-0.05, 0) is 49.4 Å². The highest BCUT2D eigenvalue weighted by Crippen LogP contribution is 2.41. The number of hydrogen-bond donors (Lipinski definition) is 1. The fourth-order valence-corrected chi connectivity index (χ4v) is 3.19. The van der Waals surface area contributed by atoms with E-state index in [0.717, 1.165) is 22.2 Å². The molecular weight excluding hydrogens is 308 g/mol. The Hall–Kier alpha value is -0.580. The van der Waals surface area contributed by atoms with Crippen LogP contribution in [0, 0.1) is 26.2 Å². The van der Waals surface area contributed by atoms with E-state index in [1.54, 1.807) is 7.11 Å². The third kappa shape index (κ3) is 2.41. The molecule has 1 aliphatic heterocycles. The number of rotatable bonds is 4. The first-order valence-electron chi connectivity index (χ1n) is 6.46.